The Morgan fingerprint density at radius 1 is 0.857 bits per heavy atom. The van der Waals surface area contributed by atoms with Gasteiger partial charge in [0.1, 0.15) is 5.75 Å². The van der Waals surface area contributed by atoms with Gasteiger partial charge in [0.15, 0.2) is 0 Å². The van der Waals surface area contributed by atoms with Crippen molar-refractivity contribution in [2.24, 2.45) is 5.92 Å². The standard InChI is InChI=1S/C19H25NO/c1-14(2)19(16-9-6-5-7-10-16)20-15(3)17-11-8-12-18(13-17)21-4/h5-15,19-20H,1-4H3/t15-,19+/m0/s1. The van der Waals surface area contributed by atoms with Crippen molar-refractivity contribution in [3.05, 3.63) is 65.7 Å². The van der Waals surface area contributed by atoms with Gasteiger partial charge in [-0.2, -0.15) is 0 Å². The third-order valence-electron chi connectivity index (χ3n) is 3.85. The summed E-state index contributed by atoms with van der Waals surface area (Å²) in [7, 11) is 1.71. The highest BCUT2D eigenvalue weighted by atomic mass is 16.5. The Hall–Kier alpha value is -1.80. The van der Waals surface area contributed by atoms with Crippen LogP contribution in [0.15, 0.2) is 54.6 Å². The van der Waals surface area contributed by atoms with Gasteiger partial charge >= 0.3 is 0 Å². The van der Waals surface area contributed by atoms with E-state index < -0.39 is 0 Å². The summed E-state index contributed by atoms with van der Waals surface area (Å²) >= 11 is 0. The smallest absolute Gasteiger partial charge is 0.119 e. The van der Waals surface area contributed by atoms with Gasteiger partial charge in [-0.25, -0.2) is 0 Å². The molecule has 0 aromatic heterocycles. The molecule has 0 aliphatic rings. The van der Waals surface area contributed by atoms with Gasteiger partial charge in [-0.05, 0) is 36.1 Å². The molecule has 0 radical (unpaired) electrons. The summed E-state index contributed by atoms with van der Waals surface area (Å²) < 4.78 is 5.31. The lowest BCUT2D eigenvalue weighted by Gasteiger charge is -2.27. The zero-order valence-electron chi connectivity index (χ0n) is 13.3. The number of benzene rings is 2. The van der Waals surface area contributed by atoms with Crippen LogP contribution in [-0.4, -0.2) is 7.11 Å². The Morgan fingerprint density at radius 3 is 2.14 bits per heavy atom. The Morgan fingerprint density at radius 2 is 1.52 bits per heavy atom. The van der Waals surface area contributed by atoms with Crippen LogP contribution in [0.25, 0.3) is 0 Å². The summed E-state index contributed by atoms with van der Waals surface area (Å²) in [6, 6.07) is 19.5. The van der Waals surface area contributed by atoms with E-state index >= 15 is 0 Å². The first-order valence-electron chi connectivity index (χ1n) is 7.56. The summed E-state index contributed by atoms with van der Waals surface area (Å²) in [5.74, 6) is 1.43. The lowest BCUT2D eigenvalue weighted by molar-refractivity contribution is 0.372. The topological polar surface area (TPSA) is 21.3 Å². The van der Waals surface area contributed by atoms with Crippen molar-refractivity contribution in [1.82, 2.24) is 5.32 Å². The molecule has 112 valence electrons. The van der Waals surface area contributed by atoms with Gasteiger partial charge in [-0.3, -0.25) is 0 Å². The van der Waals surface area contributed by atoms with Gasteiger partial charge in [0, 0.05) is 12.1 Å². The number of hydrogen-bond donors (Lipinski definition) is 1. The van der Waals surface area contributed by atoms with Crippen LogP contribution < -0.4 is 10.1 Å². The SMILES string of the molecule is COc1cccc([C@H](C)N[C@@H](c2ccccc2)C(C)C)c1. The highest BCUT2D eigenvalue weighted by Crippen LogP contribution is 2.26. The summed E-state index contributed by atoms with van der Waals surface area (Å²) in [5, 5.41) is 3.74. The van der Waals surface area contributed by atoms with Crippen molar-refractivity contribution in [3.8, 4) is 5.75 Å². The average Bonchev–Trinajstić information content (AvgIpc) is 2.53. The molecule has 0 heterocycles. The molecular weight excluding hydrogens is 258 g/mol. The monoisotopic (exact) mass is 283 g/mol. The first-order valence-corrected chi connectivity index (χ1v) is 7.56. The Bertz CT molecular complexity index is 551. The molecule has 2 heteroatoms. The Kier molecular flexibility index (Phi) is 5.40. The van der Waals surface area contributed by atoms with Crippen LogP contribution >= 0.6 is 0 Å². The van der Waals surface area contributed by atoms with Gasteiger partial charge in [0.2, 0.25) is 0 Å². The van der Waals surface area contributed by atoms with E-state index in [0.29, 0.717) is 12.0 Å². The number of hydrogen-bond acceptors (Lipinski definition) is 2. The van der Waals surface area contributed by atoms with E-state index in [2.05, 4.69) is 68.6 Å². The highest BCUT2D eigenvalue weighted by Gasteiger charge is 2.18. The molecule has 0 saturated heterocycles. The zero-order chi connectivity index (χ0) is 15.2. The lowest BCUT2D eigenvalue weighted by atomic mass is 9.94. The van der Waals surface area contributed by atoms with Crippen molar-refractivity contribution < 1.29 is 4.74 Å². The molecule has 2 aromatic rings. The molecular formula is C19H25NO. The van der Waals surface area contributed by atoms with Crippen LogP contribution in [0, 0.1) is 5.92 Å². The second kappa shape index (κ2) is 7.28. The van der Waals surface area contributed by atoms with Gasteiger partial charge in [0.05, 0.1) is 7.11 Å². The quantitative estimate of drug-likeness (QED) is 0.826. The van der Waals surface area contributed by atoms with Gasteiger partial charge in [-0.15, -0.1) is 0 Å². The first kappa shape index (κ1) is 15.6. The molecule has 0 fully saturated rings. The minimum absolute atomic E-state index is 0.271. The molecule has 0 aliphatic carbocycles. The molecule has 2 nitrogen and oxygen atoms in total. The van der Waals surface area contributed by atoms with E-state index in [9.17, 15) is 0 Å². The van der Waals surface area contributed by atoms with E-state index in [1.54, 1.807) is 7.11 Å². The maximum Gasteiger partial charge on any atom is 0.119 e. The molecule has 0 saturated carbocycles. The van der Waals surface area contributed by atoms with E-state index in [-0.39, 0.29) is 6.04 Å². The minimum Gasteiger partial charge on any atom is -0.497 e. The maximum atomic E-state index is 5.31. The van der Waals surface area contributed by atoms with Crippen LogP contribution in [0.3, 0.4) is 0 Å². The molecule has 0 spiro atoms. The van der Waals surface area contributed by atoms with Gasteiger partial charge < -0.3 is 10.1 Å². The maximum absolute atomic E-state index is 5.31. The fourth-order valence-corrected chi connectivity index (χ4v) is 2.61. The summed E-state index contributed by atoms with van der Waals surface area (Å²) in [6.45, 7) is 6.71. The van der Waals surface area contributed by atoms with Crippen LogP contribution in [0.5, 0.6) is 5.75 Å². The third kappa shape index (κ3) is 4.08. The average molecular weight is 283 g/mol. The summed E-state index contributed by atoms with van der Waals surface area (Å²) in [5.41, 5.74) is 2.58. The predicted octanol–water partition coefficient (Wildman–Crippen LogP) is 4.74. The fourth-order valence-electron chi connectivity index (χ4n) is 2.61. The van der Waals surface area contributed by atoms with Crippen LogP contribution in [0.2, 0.25) is 0 Å². The minimum atomic E-state index is 0.271. The van der Waals surface area contributed by atoms with Crippen LogP contribution in [-0.2, 0) is 0 Å². The molecule has 0 aliphatic heterocycles. The van der Waals surface area contributed by atoms with Crippen molar-refractivity contribution in [2.75, 3.05) is 7.11 Å². The summed E-state index contributed by atoms with van der Waals surface area (Å²) in [6.07, 6.45) is 0. The molecule has 1 N–H and O–H groups in total. The fraction of sp³-hybridized carbons (Fsp3) is 0.368. The van der Waals surface area contributed by atoms with Crippen molar-refractivity contribution in [2.45, 2.75) is 32.9 Å². The number of rotatable bonds is 6. The second-order valence-corrected chi connectivity index (χ2v) is 5.80. The van der Waals surface area contributed by atoms with Crippen molar-refractivity contribution in [3.63, 3.8) is 0 Å². The Labute approximate surface area is 128 Å². The first-order chi connectivity index (χ1) is 10.1. The van der Waals surface area contributed by atoms with E-state index in [4.69, 9.17) is 4.74 Å². The number of ether oxygens (including phenoxy) is 1. The second-order valence-electron chi connectivity index (χ2n) is 5.80. The highest BCUT2D eigenvalue weighted by molar-refractivity contribution is 5.30. The normalized spacial score (nSPS) is 14.0. The van der Waals surface area contributed by atoms with Gasteiger partial charge in [0.25, 0.3) is 0 Å². The molecule has 0 amide bonds. The molecule has 2 atom stereocenters. The predicted molar refractivity (Wildman–Crippen MR) is 88.6 cm³/mol. The molecule has 2 aromatic carbocycles. The van der Waals surface area contributed by atoms with Crippen molar-refractivity contribution in [1.29, 1.82) is 0 Å². The van der Waals surface area contributed by atoms with Crippen molar-refractivity contribution >= 4 is 0 Å². The molecule has 0 bridgehead atoms. The molecule has 2 rings (SSSR count). The third-order valence-corrected chi connectivity index (χ3v) is 3.85. The van der Waals surface area contributed by atoms with Crippen LogP contribution in [0.1, 0.15) is 44.0 Å². The lowest BCUT2D eigenvalue weighted by Crippen LogP contribution is -2.28. The van der Waals surface area contributed by atoms with E-state index in [1.807, 2.05) is 12.1 Å². The molecule has 21 heavy (non-hydrogen) atoms. The number of nitrogens with one attached hydrogen (secondary N) is 1. The van der Waals surface area contributed by atoms with E-state index in [0.717, 1.165) is 5.75 Å². The zero-order valence-corrected chi connectivity index (χ0v) is 13.3. The van der Waals surface area contributed by atoms with Crippen LogP contribution in [0.4, 0.5) is 0 Å². The Balaban J connectivity index is 2.16. The number of methoxy groups -OCH3 is 1. The molecule has 0 unspecified atom stereocenters. The largest absolute Gasteiger partial charge is 0.497 e. The van der Waals surface area contributed by atoms with E-state index in [1.165, 1.54) is 11.1 Å². The summed E-state index contributed by atoms with van der Waals surface area (Å²) in [4.78, 5) is 0. The van der Waals surface area contributed by atoms with Gasteiger partial charge in [-0.1, -0.05) is 56.3 Å².